The molecular formula is C24H34. The van der Waals surface area contributed by atoms with E-state index in [1.807, 2.05) is 0 Å². The van der Waals surface area contributed by atoms with Gasteiger partial charge in [-0.1, -0.05) is 100 Å². The molecule has 0 saturated carbocycles. The minimum Gasteiger partial charge on any atom is -0.0885 e. The molecular weight excluding hydrogens is 288 g/mol. The number of allylic oxidation sites excluding steroid dienone is 2. The lowest BCUT2D eigenvalue weighted by atomic mass is 9.99. The number of hydrogen-bond donors (Lipinski definition) is 0. The van der Waals surface area contributed by atoms with Crippen molar-refractivity contribution in [1.82, 2.24) is 0 Å². The molecule has 0 spiro atoms. The van der Waals surface area contributed by atoms with Crippen LogP contribution in [0.4, 0.5) is 0 Å². The van der Waals surface area contributed by atoms with Gasteiger partial charge in [-0.15, -0.1) is 0 Å². The molecule has 0 radical (unpaired) electrons. The fourth-order valence-electron chi connectivity index (χ4n) is 3.35. The Bertz CT molecular complexity index is 589. The van der Waals surface area contributed by atoms with Gasteiger partial charge in [-0.3, -0.25) is 0 Å². The van der Waals surface area contributed by atoms with Crippen molar-refractivity contribution in [2.75, 3.05) is 0 Å². The van der Waals surface area contributed by atoms with Crippen molar-refractivity contribution >= 4 is 10.8 Å². The van der Waals surface area contributed by atoms with E-state index in [0.717, 1.165) is 0 Å². The van der Waals surface area contributed by atoms with Crippen molar-refractivity contribution < 1.29 is 0 Å². The molecule has 0 saturated heterocycles. The second-order valence-electron chi connectivity index (χ2n) is 6.91. The summed E-state index contributed by atoms with van der Waals surface area (Å²) in [5.41, 5.74) is 1.52. The van der Waals surface area contributed by atoms with Gasteiger partial charge in [-0.05, 0) is 48.4 Å². The molecule has 0 heteroatoms. The smallest absolute Gasteiger partial charge is 0.0152 e. The molecule has 130 valence electrons. The van der Waals surface area contributed by atoms with Gasteiger partial charge in [0, 0.05) is 0 Å². The van der Waals surface area contributed by atoms with Crippen LogP contribution in [0.3, 0.4) is 0 Å². The second-order valence-corrected chi connectivity index (χ2v) is 6.91. The first kappa shape index (κ1) is 18.8. The molecule has 2 aromatic carbocycles. The molecule has 0 heterocycles. The summed E-state index contributed by atoms with van der Waals surface area (Å²) in [6, 6.07) is 15.5. The molecule has 0 aliphatic carbocycles. The lowest BCUT2D eigenvalue weighted by Gasteiger charge is -2.06. The fourth-order valence-corrected chi connectivity index (χ4v) is 3.35. The lowest BCUT2D eigenvalue weighted by molar-refractivity contribution is 0.597. The summed E-state index contributed by atoms with van der Waals surface area (Å²) in [6.07, 6.45) is 19.4. The van der Waals surface area contributed by atoms with Gasteiger partial charge in [0.25, 0.3) is 0 Å². The van der Waals surface area contributed by atoms with Gasteiger partial charge in [0.1, 0.15) is 0 Å². The maximum absolute atomic E-state index is 2.39. The monoisotopic (exact) mass is 322 g/mol. The summed E-state index contributed by atoms with van der Waals surface area (Å²) >= 11 is 0. The molecule has 0 aliphatic heterocycles. The lowest BCUT2D eigenvalue weighted by Crippen LogP contribution is -1.88. The first-order valence-corrected chi connectivity index (χ1v) is 10.0. The molecule has 0 fully saturated rings. The Morgan fingerprint density at radius 2 is 1.33 bits per heavy atom. The molecule has 0 unspecified atom stereocenters. The van der Waals surface area contributed by atoms with Crippen LogP contribution in [0.25, 0.3) is 10.8 Å². The van der Waals surface area contributed by atoms with Gasteiger partial charge in [0.15, 0.2) is 0 Å². The average Bonchev–Trinajstić information content (AvgIpc) is 2.63. The van der Waals surface area contributed by atoms with Gasteiger partial charge >= 0.3 is 0 Å². The van der Waals surface area contributed by atoms with Crippen molar-refractivity contribution in [3.05, 3.63) is 60.2 Å². The van der Waals surface area contributed by atoms with Crippen molar-refractivity contribution in [2.45, 2.75) is 77.6 Å². The zero-order valence-corrected chi connectivity index (χ0v) is 15.5. The number of unbranched alkanes of at least 4 members (excludes halogenated alkanes) is 8. The Morgan fingerprint density at radius 1 is 0.667 bits per heavy atom. The zero-order valence-electron chi connectivity index (χ0n) is 15.5. The topological polar surface area (TPSA) is 0 Å². The normalized spacial score (nSPS) is 11.5. The van der Waals surface area contributed by atoms with Crippen LogP contribution in [0, 0.1) is 0 Å². The number of benzene rings is 2. The predicted octanol–water partition coefficient (Wildman–Crippen LogP) is 7.86. The largest absolute Gasteiger partial charge is 0.0885 e. The van der Waals surface area contributed by atoms with Crippen LogP contribution >= 0.6 is 0 Å². The first-order valence-electron chi connectivity index (χ1n) is 10.0. The number of rotatable bonds is 12. The summed E-state index contributed by atoms with van der Waals surface area (Å²) in [6.45, 7) is 2.26. The highest BCUT2D eigenvalue weighted by Gasteiger charge is 2.00. The van der Waals surface area contributed by atoms with E-state index >= 15 is 0 Å². The van der Waals surface area contributed by atoms with Crippen LogP contribution in [-0.2, 0) is 6.42 Å². The van der Waals surface area contributed by atoms with Crippen molar-refractivity contribution in [3.8, 4) is 0 Å². The highest BCUT2D eigenvalue weighted by Crippen LogP contribution is 2.20. The van der Waals surface area contributed by atoms with E-state index in [2.05, 4.69) is 61.5 Å². The van der Waals surface area contributed by atoms with E-state index in [1.54, 1.807) is 0 Å². The molecule has 2 aromatic rings. The molecule has 0 atom stereocenters. The Balaban J connectivity index is 1.53. The van der Waals surface area contributed by atoms with Crippen LogP contribution in [0.5, 0.6) is 0 Å². The minimum atomic E-state index is 1.22. The Labute approximate surface area is 149 Å². The third-order valence-corrected chi connectivity index (χ3v) is 4.84. The number of aryl methyl sites for hydroxylation is 1. The molecule has 0 bridgehead atoms. The molecule has 0 amide bonds. The molecule has 0 aromatic heterocycles. The maximum Gasteiger partial charge on any atom is -0.0152 e. The Kier molecular flexibility index (Phi) is 9.31. The third kappa shape index (κ3) is 6.91. The molecule has 0 aliphatic rings. The summed E-state index contributed by atoms with van der Waals surface area (Å²) in [5.74, 6) is 0. The van der Waals surface area contributed by atoms with E-state index in [9.17, 15) is 0 Å². The predicted molar refractivity (Wildman–Crippen MR) is 109 cm³/mol. The molecule has 0 nitrogen and oxygen atoms in total. The van der Waals surface area contributed by atoms with E-state index < -0.39 is 0 Å². The van der Waals surface area contributed by atoms with Gasteiger partial charge in [0.05, 0.1) is 0 Å². The Morgan fingerprint density at radius 3 is 2.17 bits per heavy atom. The highest BCUT2D eigenvalue weighted by atomic mass is 14.0. The summed E-state index contributed by atoms with van der Waals surface area (Å²) in [7, 11) is 0. The maximum atomic E-state index is 2.39. The van der Waals surface area contributed by atoms with Gasteiger partial charge < -0.3 is 0 Å². The quantitative estimate of drug-likeness (QED) is 0.275. The summed E-state index contributed by atoms with van der Waals surface area (Å²) < 4.78 is 0. The van der Waals surface area contributed by atoms with Crippen LogP contribution < -0.4 is 0 Å². The minimum absolute atomic E-state index is 1.22. The third-order valence-electron chi connectivity index (χ3n) is 4.84. The summed E-state index contributed by atoms with van der Waals surface area (Å²) in [4.78, 5) is 0. The van der Waals surface area contributed by atoms with E-state index in [1.165, 1.54) is 87.0 Å². The van der Waals surface area contributed by atoms with Crippen LogP contribution in [0.15, 0.2) is 54.6 Å². The SMILES string of the molecule is CCCC/C=C/CCCCCCCCc1cccc2ccccc12. The van der Waals surface area contributed by atoms with Crippen LogP contribution in [0.1, 0.15) is 76.7 Å². The second kappa shape index (κ2) is 11.9. The fraction of sp³-hybridized carbons (Fsp3) is 0.500. The van der Waals surface area contributed by atoms with Gasteiger partial charge in [-0.25, -0.2) is 0 Å². The molecule has 24 heavy (non-hydrogen) atoms. The first-order chi connectivity index (χ1) is 11.9. The van der Waals surface area contributed by atoms with Crippen LogP contribution in [0.2, 0.25) is 0 Å². The molecule has 2 rings (SSSR count). The van der Waals surface area contributed by atoms with Crippen molar-refractivity contribution in [1.29, 1.82) is 0 Å². The van der Waals surface area contributed by atoms with Crippen LogP contribution in [-0.4, -0.2) is 0 Å². The number of fused-ring (bicyclic) bond motifs is 1. The number of hydrogen-bond acceptors (Lipinski definition) is 0. The van der Waals surface area contributed by atoms with Gasteiger partial charge in [-0.2, -0.15) is 0 Å². The van der Waals surface area contributed by atoms with E-state index in [-0.39, 0.29) is 0 Å². The van der Waals surface area contributed by atoms with Crippen molar-refractivity contribution in [3.63, 3.8) is 0 Å². The highest BCUT2D eigenvalue weighted by molar-refractivity contribution is 5.85. The zero-order chi connectivity index (χ0) is 16.9. The van der Waals surface area contributed by atoms with Crippen molar-refractivity contribution in [2.24, 2.45) is 0 Å². The standard InChI is InChI=1S/C24H34/c1-2-3-4-5-6-7-8-9-10-11-12-13-17-22-19-16-20-23-18-14-15-21-24(22)23/h5-6,14-16,18-21H,2-4,7-13,17H2,1H3/b6-5+. The van der Waals surface area contributed by atoms with Gasteiger partial charge in [0.2, 0.25) is 0 Å². The van der Waals surface area contributed by atoms with E-state index in [4.69, 9.17) is 0 Å². The summed E-state index contributed by atoms with van der Waals surface area (Å²) in [5, 5.41) is 2.82. The van der Waals surface area contributed by atoms with E-state index in [0.29, 0.717) is 0 Å². The Hall–Kier alpha value is -1.56. The molecule has 0 N–H and O–H groups in total. The average molecular weight is 323 g/mol.